The SMILES string of the molecule is [2H]C([2H])([2H])c1ccc(C)c(-c2ccc(C([2H])([2H])[2H])c(C([2H])([2H])[2H])[n+]2C)c1. The van der Waals surface area contributed by atoms with Crippen LogP contribution < -0.4 is 4.57 Å². The van der Waals surface area contributed by atoms with Crippen molar-refractivity contribution in [2.45, 2.75) is 27.5 Å². The first-order valence-electron chi connectivity index (χ1n) is 9.79. The summed E-state index contributed by atoms with van der Waals surface area (Å²) in [7, 11) is 1.48. The summed E-state index contributed by atoms with van der Waals surface area (Å²) < 4.78 is 70.2. The smallest absolute Gasteiger partial charge is 0.198 e. The summed E-state index contributed by atoms with van der Waals surface area (Å²) in [4.78, 5) is 0. The van der Waals surface area contributed by atoms with E-state index in [9.17, 15) is 0 Å². The Kier molecular flexibility index (Phi) is 1.25. The Balaban J connectivity index is 2.82. The molecule has 2 rings (SSSR count). The molecule has 0 aliphatic heterocycles. The highest BCUT2D eigenvalue weighted by atomic mass is 14.9. The van der Waals surface area contributed by atoms with Crippen molar-refractivity contribution in [2.75, 3.05) is 0 Å². The van der Waals surface area contributed by atoms with Gasteiger partial charge in [-0.25, -0.2) is 0 Å². The summed E-state index contributed by atoms with van der Waals surface area (Å²) in [5.74, 6) is 0. The van der Waals surface area contributed by atoms with E-state index in [1.165, 1.54) is 35.9 Å². The molecule has 1 heteroatoms. The number of aryl methyl sites for hydroxylation is 3. The molecule has 0 amide bonds. The Morgan fingerprint density at radius 3 is 2.53 bits per heavy atom. The molecule has 17 heavy (non-hydrogen) atoms. The molecule has 0 saturated heterocycles. The van der Waals surface area contributed by atoms with Gasteiger partial charge < -0.3 is 0 Å². The van der Waals surface area contributed by atoms with Crippen LogP contribution in [0.15, 0.2) is 30.3 Å². The minimum Gasteiger partial charge on any atom is -0.198 e. The van der Waals surface area contributed by atoms with Gasteiger partial charge in [-0.05, 0) is 38.3 Å². The van der Waals surface area contributed by atoms with E-state index < -0.39 is 20.6 Å². The van der Waals surface area contributed by atoms with Crippen LogP contribution in [0.4, 0.5) is 0 Å². The molecule has 1 heterocycles. The number of aromatic nitrogens is 1. The van der Waals surface area contributed by atoms with Crippen molar-refractivity contribution in [1.82, 2.24) is 0 Å². The predicted molar refractivity (Wildman–Crippen MR) is 72.0 cm³/mol. The number of benzene rings is 1. The third kappa shape index (κ3) is 2.10. The van der Waals surface area contributed by atoms with Crippen LogP contribution in [0.3, 0.4) is 0 Å². The first kappa shape index (κ1) is 4.93. The fourth-order valence-electron chi connectivity index (χ4n) is 1.82. The normalized spacial score (nSPS) is 20.7. The van der Waals surface area contributed by atoms with Gasteiger partial charge in [-0.2, -0.15) is 4.57 Å². The maximum absolute atomic E-state index is 7.76. The van der Waals surface area contributed by atoms with Crippen molar-refractivity contribution < 1.29 is 16.9 Å². The van der Waals surface area contributed by atoms with Gasteiger partial charge >= 0.3 is 0 Å². The molecule has 0 fully saturated rings. The average molecular weight is 235 g/mol. The standard InChI is InChI=1S/C16H20N/c1-11-6-7-13(3)15(10-11)16-9-8-12(2)14(4)17(16)5/h6-10H,1-5H3/q+1/i1D3,2D3,4D3. The maximum Gasteiger partial charge on any atom is 0.212 e. The number of hydrogen-bond acceptors (Lipinski definition) is 0. The minimum atomic E-state index is -2.63. The van der Waals surface area contributed by atoms with Crippen LogP contribution in [-0.2, 0) is 7.05 Å². The predicted octanol–water partition coefficient (Wildman–Crippen LogP) is 3.41. The highest BCUT2D eigenvalue weighted by molar-refractivity contribution is 5.62. The number of pyridine rings is 1. The molecule has 0 aliphatic rings. The largest absolute Gasteiger partial charge is 0.212 e. The van der Waals surface area contributed by atoms with Gasteiger partial charge in [0.2, 0.25) is 5.69 Å². The van der Waals surface area contributed by atoms with Gasteiger partial charge in [0, 0.05) is 36.4 Å². The van der Waals surface area contributed by atoms with Crippen LogP contribution in [0.1, 0.15) is 34.7 Å². The molecule has 0 spiro atoms. The highest BCUT2D eigenvalue weighted by Gasteiger charge is 2.15. The Hall–Kier alpha value is -1.63. The van der Waals surface area contributed by atoms with E-state index in [1.807, 2.05) is 0 Å². The van der Waals surface area contributed by atoms with E-state index in [4.69, 9.17) is 12.3 Å². The zero-order valence-electron chi connectivity index (χ0n) is 18.8. The molecule has 88 valence electrons. The minimum absolute atomic E-state index is 0.133. The lowest BCUT2D eigenvalue weighted by atomic mass is 10.0. The van der Waals surface area contributed by atoms with Crippen LogP contribution in [0.5, 0.6) is 0 Å². The van der Waals surface area contributed by atoms with Crippen molar-refractivity contribution in [3.8, 4) is 11.3 Å². The van der Waals surface area contributed by atoms with Gasteiger partial charge in [-0.3, -0.25) is 0 Å². The Morgan fingerprint density at radius 2 is 1.82 bits per heavy atom. The van der Waals surface area contributed by atoms with Gasteiger partial charge in [0.25, 0.3) is 0 Å². The number of rotatable bonds is 1. The van der Waals surface area contributed by atoms with E-state index in [2.05, 4.69) is 0 Å². The fraction of sp³-hybridized carbons (Fsp3) is 0.312. The van der Waals surface area contributed by atoms with E-state index >= 15 is 0 Å². The molecule has 0 N–H and O–H groups in total. The molecule has 1 aromatic heterocycles. The Morgan fingerprint density at radius 1 is 1.00 bits per heavy atom. The lowest BCUT2D eigenvalue weighted by Gasteiger charge is -2.08. The molecular formula is C16H20N+. The second-order valence-electron chi connectivity index (χ2n) is 4.07. The molecule has 0 unspecified atom stereocenters. The van der Waals surface area contributed by atoms with Gasteiger partial charge in [-0.1, -0.05) is 17.7 Å². The monoisotopic (exact) mass is 235 g/mol. The molecule has 0 aliphatic carbocycles. The second kappa shape index (κ2) is 4.33. The Labute approximate surface area is 116 Å². The first-order valence-corrected chi connectivity index (χ1v) is 5.29. The van der Waals surface area contributed by atoms with Crippen molar-refractivity contribution in [1.29, 1.82) is 0 Å². The summed E-state index contributed by atoms with van der Waals surface area (Å²) in [6.45, 7) is -5.72. The van der Waals surface area contributed by atoms with Crippen molar-refractivity contribution >= 4 is 0 Å². The molecule has 0 atom stereocenters. The van der Waals surface area contributed by atoms with Gasteiger partial charge in [0.15, 0.2) is 5.69 Å². The van der Waals surface area contributed by atoms with E-state index in [0.717, 1.165) is 5.56 Å². The Bertz CT molecular complexity index is 829. The molecular weight excluding hydrogens is 206 g/mol. The lowest BCUT2D eigenvalue weighted by molar-refractivity contribution is -0.667. The molecule has 1 nitrogen and oxygen atoms in total. The van der Waals surface area contributed by atoms with Crippen LogP contribution in [-0.4, -0.2) is 0 Å². The van der Waals surface area contributed by atoms with Crippen LogP contribution in [0.2, 0.25) is 0 Å². The third-order valence-corrected chi connectivity index (χ3v) is 2.87. The molecule has 1 aromatic carbocycles. The van der Waals surface area contributed by atoms with Crippen molar-refractivity contribution in [2.24, 2.45) is 7.05 Å². The van der Waals surface area contributed by atoms with Crippen LogP contribution in [0.25, 0.3) is 11.3 Å². The summed E-state index contributed by atoms with van der Waals surface area (Å²) in [5, 5.41) is 0. The van der Waals surface area contributed by atoms with E-state index in [-0.39, 0.29) is 16.8 Å². The van der Waals surface area contributed by atoms with Gasteiger partial charge in [0.1, 0.15) is 7.05 Å². The topological polar surface area (TPSA) is 3.88 Å². The number of hydrogen-bond donors (Lipinski definition) is 0. The van der Waals surface area contributed by atoms with Gasteiger partial charge in [0.05, 0.1) is 0 Å². The highest BCUT2D eigenvalue weighted by Crippen LogP contribution is 2.22. The zero-order valence-corrected chi connectivity index (χ0v) is 9.83. The first-order chi connectivity index (χ1) is 11.6. The maximum atomic E-state index is 7.76. The summed E-state index contributed by atoms with van der Waals surface area (Å²) in [5.41, 5.74) is 1.35. The second-order valence-corrected chi connectivity index (χ2v) is 4.07. The summed E-state index contributed by atoms with van der Waals surface area (Å²) >= 11 is 0. The third-order valence-electron chi connectivity index (χ3n) is 2.87. The molecule has 0 radical (unpaired) electrons. The fourth-order valence-corrected chi connectivity index (χ4v) is 1.82. The van der Waals surface area contributed by atoms with Crippen molar-refractivity contribution in [3.63, 3.8) is 0 Å². The lowest BCUT2D eigenvalue weighted by Crippen LogP contribution is -2.35. The van der Waals surface area contributed by atoms with E-state index in [0.29, 0.717) is 11.3 Å². The molecule has 0 saturated carbocycles. The quantitative estimate of drug-likeness (QED) is 0.667. The average Bonchev–Trinajstić information content (AvgIpc) is 2.44. The molecule has 0 bridgehead atoms. The van der Waals surface area contributed by atoms with Gasteiger partial charge in [-0.15, -0.1) is 0 Å². The van der Waals surface area contributed by atoms with Crippen LogP contribution >= 0.6 is 0 Å². The molecule has 2 aromatic rings. The number of nitrogens with zero attached hydrogens (tertiary/aromatic N) is 1. The zero-order chi connectivity index (χ0) is 20.1. The van der Waals surface area contributed by atoms with E-state index in [1.54, 1.807) is 13.0 Å². The van der Waals surface area contributed by atoms with Crippen molar-refractivity contribution in [3.05, 3.63) is 52.7 Å². The van der Waals surface area contributed by atoms with Crippen LogP contribution in [0, 0.1) is 27.5 Å². The summed E-state index contributed by atoms with van der Waals surface area (Å²) in [6.07, 6.45) is 0. The summed E-state index contributed by atoms with van der Waals surface area (Å²) in [6, 6.07) is 7.46.